The average molecular weight is 291 g/mol. The van der Waals surface area contributed by atoms with Crippen molar-refractivity contribution in [3.63, 3.8) is 0 Å². The summed E-state index contributed by atoms with van der Waals surface area (Å²) in [5.74, 6) is -0.781. The highest BCUT2D eigenvalue weighted by Crippen LogP contribution is 2.24. The number of aliphatic imine (C=N–C) groups is 1. The van der Waals surface area contributed by atoms with E-state index in [0.29, 0.717) is 18.7 Å². The second kappa shape index (κ2) is 5.79. The predicted molar refractivity (Wildman–Crippen MR) is 79.0 cm³/mol. The standard InChI is InChI=1S/C15H21N3O3/c1-5-21-13(20)8-12(19)14-10-9-16-7-6-11(10)17-18(14)15(2,3)4/h9H,5-8H2,1-4H3. The van der Waals surface area contributed by atoms with Gasteiger partial charge in [0.25, 0.3) is 0 Å². The second-order valence-corrected chi connectivity index (χ2v) is 5.98. The number of esters is 1. The van der Waals surface area contributed by atoms with E-state index in [2.05, 4.69) is 10.1 Å². The highest BCUT2D eigenvalue weighted by atomic mass is 16.5. The number of ketones is 1. The average Bonchev–Trinajstić information content (AvgIpc) is 2.78. The first kappa shape index (κ1) is 15.4. The Kier molecular flexibility index (Phi) is 4.25. The number of rotatable bonds is 4. The summed E-state index contributed by atoms with van der Waals surface area (Å²) < 4.78 is 6.56. The molecular formula is C15H21N3O3. The molecule has 0 aliphatic carbocycles. The van der Waals surface area contributed by atoms with Gasteiger partial charge in [0.05, 0.1) is 17.8 Å². The third-order valence-corrected chi connectivity index (χ3v) is 3.21. The third-order valence-electron chi connectivity index (χ3n) is 3.21. The van der Waals surface area contributed by atoms with Gasteiger partial charge in [-0.3, -0.25) is 19.3 Å². The van der Waals surface area contributed by atoms with Gasteiger partial charge in [-0.25, -0.2) is 0 Å². The lowest BCUT2D eigenvalue weighted by molar-refractivity contribution is -0.141. The minimum Gasteiger partial charge on any atom is -0.466 e. The first-order valence-corrected chi connectivity index (χ1v) is 7.15. The number of ether oxygens (including phenoxy) is 1. The van der Waals surface area contributed by atoms with Crippen LogP contribution in [0.15, 0.2) is 4.99 Å². The number of hydrogen-bond donors (Lipinski definition) is 0. The molecule has 0 bridgehead atoms. The smallest absolute Gasteiger partial charge is 0.313 e. The van der Waals surface area contributed by atoms with Crippen LogP contribution in [0.4, 0.5) is 0 Å². The van der Waals surface area contributed by atoms with E-state index in [1.165, 1.54) is 0 Å². The van der Waals surface area contributed by atoms with Gasteiger partial charge in [0.2, 0.25) is 0 Å². The van der Waals surface area contributed by atoms with Crippen molar-refractivity contribution in [1.29, 1.82) is 0 Å². The fraction of sp³-hybridized carbons (Fsp3) is 0.600. The zero-order valence-electron chi connectivity index (χ0n) is 13.0. The van der Waals surface area contributed by atoms with E-state index in [4.69, 9.17) is 4.74 Å². The number of carbonyl (C=O) groups excluding carboxylic acids is 2. The molecule has 0 radical (unpaired) electrons. The van der Waals surface area contributed by atoms with Crippen LogP contribution >= 0.6 is 0 Å². The molecule has 1 aromatic heterocycles. The summed E-state index contributed by atoms with van der Waals surface area (Å²) >= 11 is 0. The molecule has 0 aromatic carbocycles. The molecule has 1 aliphatic rings. The van der Waals surface area contributed by atoms with Crippen LogP contribution < -0.4 is 0 Å². The van der Waals surface area contributed by atoms with Gasteiger partial charge in [0, 0.05) is 24.7 Å². The number of fused-ring (bicyclic) bond motifs is 1. The van der Waals surface area contributed by atoms with Crippen molar-refractivity contribution in [2.75, 3.05) is 13.2 Å². The van der Waals surface area contributed by atoms with Crippen LogP contribution in [-0.4, -0.2) is 40.9 Å². The van der Waals surface area contributed by atoms with Crippen molar-refractivity contribution < 1.29 is 14.3 Å². The molecule has 114 valence electrons. The summed E-state index contributed by atoms with van der Waals surface area (Å²) in [4.78, 5) is 28.3. The number of carbonyl (C=O) groups is 2. The lowest BCUT2D eigenvalue weighted by atomic mass is 10.0. The third kappa shape index (κ3) is 3.20. The van der Waals surface area contributed by atoms with Crippen LogP contribution in [0, 0.1) is 0 Å². The summed E-state index contributed by atoms with van der Waals surface area (Å²) in [6, 6.07) is 0. The Labute approximate surface area is 124 Å². The van der Waals surface area contributed by atoms with Crippen molar-refractivity contribution >= 4 is 18.0 Å². The Bertz CT molecular complexity index is 594. The normalized spacial score (nSPS) is 13.9. The van der Waals surface area contributed by atoms with Gasteiger partial charge in [0.15, 0.2) is 5.78 Å². The molecular weight excluding hydrogens is 270 g/mol. The SMILES string of the molecule is CCOC(=O)CC(=O)c1c2c(nn1C(C)(C)C)CCN=C2. The number of aromatic nitrogens is 2. The van der Waals surface area contributed by atoms with E-state index >= 15 is 0 Å². The fourth-order valence-electron chi connectivity index (χ4n) is 2.30. The molecule has 6 heteroatoms. The van der Waals surface area contributed by atoms with Gasteiger partial charge in [-0.2, -0.15) is 5.10 Å². The van der Waals surface area contributed by atoms with Crippen LogP contribution in [0.2, 0.25) is 0 Å². The van der Waals surface area contributed by atoms with Crippen LogP contribution in [-0.2, 0) is 21.5 Å². The fourth-order valence-corrected chi connectivity index (χ4v) is 2.30. The molecule has 0 spiro atoms. The molecule has 0 unspecified atom stereocenters. The zero-order chi connectivity index (χ0) is 15.6. The van der Waals surface area contributed by atoms with Crippen LogP contribution in [0.1, 0.15) is 55.9 Å². The van der Waals surface area contributed by atoms with E-state index in [-0.39, 0.29) is 24.3 Å². The maximum atomic E-state index is 12.5. The Balaban J connectivity index is 2.42. The minimum atomic E-state index is -0.509. The van der Waals surface area contributed by atoms with E-state index in [9.17, 15) is 9.59 Å². The number of Topliss-reactive ketones (excluding diaryl/α,β-unsaturated/α-hetero) is 1. The van der Waals surface area contributed by atoms with Gasteiger partial charge in [-0.15, -0.1) is 0 Å². The summed E-state index contributed by atoms with van der Waals surface area (Å²) in [6.45, 7) is 8.59. The monoisotopic (exact) mass is 291 g/mol. The van der Waals surface area contributed by atoms with Crippen molar-refractivity contribution in [1.82, 2.24) is 9.78 Å². The maximum absolute atomic E-state index is 12.5. The summed E-state index contributed by atoms with van der Waals surface area (Å²) in [6.07, 6.45) is 2.14. The molecule has 0 N–H and O–H groups in total. The van der Waals surface area contributed by atoms with Gasteiger partial charge in [-0.05, 0) is 27.7 Å². The molecule has 2 heterocycles. The quantitative estimate of drug-likeness (QED) is 0.481. The van der Waals surface area contributed by atoms with Gasteiger partial charge in [0.1, 0.15) is 12.1 Å². The lowest BCUT2D eigenvalue weighted by Crippen LogP contribution is -2.28. The van der Waals surface area contributed by atoms with E-state index < -0.39 is 5.97 Å². The van der Waals surface area contributed by atoms with Gasteiger partial charge >= 0.3 is 5.97 Å². The first-order chi connectivity index (χ1) is 9.84. The number of nitrogens with zero attached hydrogens (tertiary/aromatic N) is 3. The molecule has 6 nitrogen and oxygen atoms in total. The highest BCUT2D eigenvalue weighted by Gasteiger charge is 2.30. The lowest BCUT2D eigenvalue weighted by Gasteiger charge is -2.22. The summed E-state index contributed by atoms with van der Waals surface area (Å²) in [7, 11) is 0. The van der Waals surface area contributed by atoms with E-state index in [1.54, 1.807) is 17.8 Å². The molecule has 0 amide bonds. The molecule has 1 aromatic rings. The van der Waals surface area contributed by atoms with Crippen LogP contribution in [0.25, 0.3) is 0 Å². The molecule has 0 saturated heterocycles. The Morgan fingerprint density at radius 3 is 2.71 bits per heavy atom. The molecule has 1 aliphatic heterocycles. The van der Waals surface area contributed by atoms with E-state index in [0.717, 1.165) is 11.3 Å². The molecule has 0 saturated carbocycles. The summed E-state index contributed by atoms with van der Waals surface area (Å²) in [5, 5.41) is 4.55. The Hall–Kier alpha value is -1.98. The topological polar surface area (TPSA) is 73.6 Å². The minimum absolute atomic E-state index is 0.268. The molecule has 0 fully saturated rings. The Morgan fingerprint density at radius 1 is 1.38 bits per heavy atom. The predicted octanol–water partition coefficient (Wildman–Crippen LogP) is 1.75. The van der Waals surface area contributed by atoms with Crippen molar-refractivity contribution in [3.05, 3.63) is 17.0 Å². The van der Waals surface area contributed by atoms with Crippen LogP contribution in [0.3, 0.4) is 0 Å². The second-order valence-electron chi connectivity index (χ2n) is 5.98. The largest absolute Gasteiger partial charge is 0.466 e. The van der Waals surface area contributed by atoms with Crippen molar-refractivity contribution in [3.8, 4) is 0 Å². The molecule has 2 rings (SSSR count). The van der Waals surface area contributed by atoms with Crippen molar-refractivity contribution in [2.45, 2.75) is 46.1 Å². The van der Waals surface area contributed by atoms with Crippen LogP contribution in [0.5, 0.6) is 0 Å². The van der Waals surface area contributed by atoms with Gasteiger partial charge in [-0.1, -0.05) is 0 Å². The Morgan fingerprint density at radius 2 is 2.10 bits per heavy atom. The van der Waals surface area contributed by atoms with Gasteiger partial charge < -0.3 is 4.74 Å². The van der Waals surface area contributed by atoms with Crippen molar-refractivity contribution in [2.24, 2.45) is 4.99 Å². The first-order valence-electron chi connectivity index (χ1n) is 7.15. The summed E-state index contributed by atoms with van der Waals surface area (Å²) in [5.41, 5.74) is 1.72. The maximum Gasteiger partial charge on any atom is 0.313 e. The molecule has 21 heavy (non-hydrogen) atoms. The number of hydrogen-bond acceptors (Lipinski definition) is 5. The van der Waals surface area contributed by atoms with E-state index in [1.807, 2.05) is 20.8 Å². The molecule has 0 atom stereocenters. The zero-order valence-corrected chi connectivity index (χ0v) is 13.0. The highest BCUT2D eigenvalue weighted by molar-refractivity contribution is 6.09.